The van der Waals surface area contributed by atoms with Gasteiger partial charge >= 0.3 is 0 Å². The first-order valence-corrected chi connectivity index (χ1v) is 7.04. The van der Waals surface area contributed by atoms with Crippen molar-refractivity contribution in [3.05, 3.63) is 40.7 Å². The molecule has 0 unspecified atom stereocenters. The molecule has 1 aromatic carbocycles. The molecule has 1 aliphatic rings. The highest BCUT2D eigenvalue weighted by Gasteiger charge is 2.19. The van der Waals surface area contributed by atoms with E-state index in [1.165, 1.54) is 0 Å². The number of hydrogen-bond donors (Lipinski definition) is 1. The fourth-order valence-electron chi connectivity index (χ4n) is 2.33. The summed E-state index contributed by atoms with van der Waals surface area (Å²) in [7, 11) is 1.58. The third kappa shape index (κ3) is 2.97. The summed E-state index contributed by atoms with van der Waals surface area (Å²) < 4.78 is 5.17. The molecule has 0 saturated heterocycles. The molecule has 5 nitrogen and oxygen atoms in total. The molecule has 0 bridgehead atoms. The Hall–Kier alpha value is -2.14. The van der Waals surface area contributed by atoms with Gasteiger partial charge in [0.1, 0.15) is 5.75 Å². The zero-order valence-corrected chi connectivity index (χ0v) is 12.3. The van der Waals surface area contributed by atoms with Crippen LogP contribution < -0.4 is 10.1 Å². The number of aromatic nitrogens is 2. The van der Waals surface area contributed by atoms with E-state index in [2.05, 4.69) is 15.3 Å². The Kier molecular flexibility index (Phi) is 3.75. The van der Waals surface area contributed by atoms with Crippen molar-refractivity contribution in [1.29, 1.82) is 0 Å². The largest absolute Gasteiger partial charge is 0.497 e. The Morgan fingerprint density at radius 3 is 2.95 bits per heavy atom. The summed E-state index contributed by atoms with van der Waals surface area (Å²) in [5, 5.41) is 3.65. The molecular weight excluding hydrogens is 290 g/mol. The maximum absolute atomic E-state index is 11.7. The molecule has 0 spiro atoms. The van der Waals surface area contributed by atoms with Gasteiger partial charge in [0.25, 0.3) is 0 Å². The van der Waals surface area contributed by atoms with Crippen LogP contribution in [0, 0.1) is 0 Å². The number of carbonyl (C=O) groups is 1. The lowest BCUT2D eigenvalue weighted by molar-refractivity contribution is 0.0971. The number of rotatable bonds is 3. The average molecular weight is 304 g/mol. The van der Waals surface area contributed by atoms with Crippen LogP contribution in [0.5, 0.6) is 5.75 Å². The molecule has 0 fully saturated rings. The van der Waals surface area contributed by atoms with Crippen molar-refractivity contribution in [3.8, 4) is 5.75 Å². The number of aryl methyl sites for hydroxylation is 1. The van der Waals surface area contributed by atoms with E-state index in [1.54, 1.807) is 31.5 Å². The van der Waals surface area contributed by atoms with Crippen molar-refractivity contribution in [2.75, 3.05) is 12.4 Å². The predicted octanol–water partition coefficient (Wildman–Crippen LogP) is 3.40. The topological polar surface area (TPSA) is 64.1 Å². The van der Waals surface area contributed by atoms with Gasteiger partial charge in [0, 0.05) is 29.4 Å². The first-order valence-electron chi connectivity index (χ1n) is 6.66. The molecule has 0 aliphatic heterocycles. The Morgan fingerprint density at radius 2 is 2.14 bits per heavy atom. The number of nitrogens with one attached hydrogen (secondary N) is 1. The maximum atomic E-state index is 11.7. The van der Waals surface area contributed by atoms with Gasteiger partial charge in [0.15, 0.2) is 5.78 Å². The van der Waals surface area contributed by atoms with Crippen LogP contribution in [0.4, 0.5) is 11.6 Å². The van der Waals surface area contributed by atoms with Crippen LogP contribution >= 0.6 is 11.6 Å². The lowest BCUT2D eigenvalue weighted by Gasteiger charge is -2.14. The molecule has 3 rings (SSSR count). The van der Waals surface area contributed by atoms with Crippen molar-refractivity contribution < 1.29 is 9.53 Å². The van der Waals surface area contributed by atoms with Crippen LogP contribution in [0.2, 0.25) is 5.02 Å². The fraction of sp³-hybridized carbons (Fsp3) is 0.267. The van der Waals surface area contributed by atoms with E-state index in [0.29, 0.717) is 28.7 Å². The van der Waals surface area contributed by atoms with Crippen molar-refractivity contribution in [2.24, 2.45) is 0 Å². The number of Topliss-reactive ketones (excluding diaryl/α,β-unsaturated/α-hetero) is 1. The summed E-state index contributed by atoms with van der Waals surface area (Å²) >= 11 is 6.02. The standard InChI is InChI=1S/C15H14ClN3O2/c1-21-11-6-9(16)5-10(7-11)18-15-17-8-12-13(19-15)3-2-4-14(12)20/h5-8H,2-4H2,1H3,(H,17,18,19). The molecule has 0 saturated carbocycles. The van der Waals surface area contributed by atoms with Crippen LogP contribution in [-0.2, 0) is 6.42 Å². The number of ether oxygens (including phenoxy) is 1. The number of nitrogens with zero attached hydrogens (tertiary/aromatic N) is 2. The SMILES string of the molecule is COc1cc(Cl)cc(Nc2ncc3c(n2)CCCC3=O)c1. The summed E-state index contributed by atoms with van der Waals surface area (Å²) in [4.78, 5) is 20.4. The Labute approximate surface area is 127 Å². The second kappa shape index (κ2) is 5.69. The lowest BCUT2D eigenvalue weighted by Crippen LogP contribution is -2.14. The zero-order valence-electron chi connectivity index (χ0n) is 11.5. The van der Waals surface area contributed by atoms with E-state index in [4.69, 9.17) is 16.3 Å². The first kappa shape index (κ1) is 13.8. The monoisotopic (exact) mass is 303 g/mol. The van der Waals surface area contributed by atoms with Gasteiger partial charge in [-0.2, -0.15) is 0 Å². The third-order valence-electron chi connectivity index (χ3n) is 3.35. The molecule has 0 radical (unpaired) electrons. The molecule has 1 heterocycles. The molecule has 1 aliphatic carbocycles. The second-order valence-electron chi connectivity index (χ2n) is 4.84. The number of benzene rings is 1. The summed E-state index contributed by atoms with van der Waals surface area (Å²) in [6.45, 7) is 0. The van der Waals surface area contributed by atoms with E-state index < -0.39 is 0 Å². The predicted molar refractivity (Wildman–Crippen MR) is 80.6 cm³/mol. The number of carbonyl (C=O) groups excluding carboxylic acids is 1. The summed E-state index contributed by atoms with van der Waals surface area (Å²) in [6, 6.07) is 5.29. The van der Waals surface area contributed by atoms with E-state index in [0.717, 1.165) is 24.2 Å². The summed E-state index contributed by atoms with van der Waals surface area (Å²) in [6.07, 6.45) is 3.81. The highest BCUT2D eigenvalue weighted by Crippen LogP contribution is 2.26. The lowest BCUT2D eigenvalue weighted by atomic mass is 9.96. The molecule has 6 heteroatoms. The Bertz CT molecular complexity index is 703. The van der Waals surface area contributed by atoms with E-state index in [9.17, 15) is 4.79 Å². The normalized spacial score (nSPS) is 13.7. The second-order valence-corrected chi connectivity index (χ2v) is 5.27. The highest BCUT2D eigenvalue weighted by molar-refractivity contribution is 6.31. The molecule has 2 aromatic rings. The minimum Gasteiger partial charge on any atom is -0.497 e. The molecule has 1 aromatic heterocycles. The molecule has 0 amide bonds. The van der Waals surface area contributed by atoms with Crippen LogP contribution in [0.3, 0.4) is 0 Å². The molecular formula is C15H14ClN3O2. The van der Waals surface area contributed by atoms with E-state index in [1.807, 2.05) is 0 Å². The number of fused-ring (bicyclic) bond motifs is 1. The van der Waals surface area contributed by atoms with Crippen LogP contribution in [-0.4, -0.2) is 22.9 Å². The average Bonchev–Trinajstić information content (AvgIpc) is 2.46. The van der Waals surface area contributed by atoms with Crippen LogP contribution in [0.1, 0.15) is 28.9 Å². The van der Waals surface area contributed by atoms with Gasteiger partial charge in [-0.25, -0.2) is 9.97 Å². The number of ketones is 1. The first-order chi connectivity index (χ1) is 10.2. The molecule has 108 valence electrons. The number of methoxy groups -OCH3 is 1. The summed E-state index contributed by atoms with van der Waals surface area (Å²) in [5.41, 5.74) is 2.18. The van der Waals surface area contributed by atoms with Gasteiger partial charge in [-0.1, -0.05) is 11.6 Å². The van der Waals surface area contributed by atoms with Gasteiger partial charge in [-0.15, -0.1) is 0 Å². The van der Waals surface area contributed by atoms with E-state index >= 15 is 0 Å². The quantitative estimate of drug-likeness (QED) is 0.941. The van der Waals surface area contributed by atoms with Crippen LogP contribution in [0.15, 0.2) is 24.4 Å². The van der Waals surface area contributed by atoms with Gasteiger partial charge in [0.2, 0.25) is 5.95 Å². The van der Waals surface area contributed by atoms with Crippen molar-refractivity contribution in [3.63, 3.8) is 0 Å². The Morgan fingerprint density at radius 1 is 1.29 bits per heavy atom. The Balaban J connectivity index is 1.88. The number of anilines is 2. The van der Waals surface area contributed by atoms with Gasteiger partial charge in [-0.3, -0.25) is 4.79 Å². The highest BCUT2D eigenvalue weighted by atomic mass is 35.5. The van der Waals surface area contributed by atoms with Crippen LogP contribution in [0.25, 0.3) is 0 Å². The fourth-order valence-corrected chi connectivity index (χ4v) is 2.56. The molecule has 0 atom stereocenters. The minimum atomic E-state index is 0.118. The molecule has 1 N–H and O–H groups in total. The van der Waals surface area contributed by atoms with Crippen molar-refractivity contribution >= 4 is 29.0 Å². The van der Waals surface area contributed by atoms with Gasteiger partial charge < -0.3 is 10.1 Å². The smallest absolute Gasteiger partial charge is 0.227 e. The number of hydrogen-bond acceptors (Lipinski definition) is 5. The maximum Gasteiger partial charge on any atom is 0.227 e. The molecule has 21 heavy (non-hydrogen) atoms. The third-order valence-corrected chi connectivity index (χ3v) is 3.57. The van der Waals surface area contributed by atoms with Gasteiger partial charge in [-0.05, 0) is 25.0 Å². The van der Waals surface area contributed by atoms with Crippen molar-refractivity contribution in [1.82, 2.24) is 9.97 Å². The van der Waals surface area contributed by atoms with E-state index in [-0.39, 0.29) is 5.78 Å². The van der Waals surface area contributed by atoms with Gasteiger partial charge in [0.05, 0.1) is 18.4 Å². The number of halogens is 1. The summed E-state index contributed by atoms with van der Waals surface area (Å²) in [5.74, 6) is 1.22. The minimum absolute atomic E-state index is 0.118. The zero-order chi connectivity index (χ0) is 14.8. The van der Waals surface area contributed by atoms with Crippen molar-refractivity contribution in [2.45, 2.75) is 19.3 Å².